The van der Waals surface area contributed by atoms with Crippen molar-refractivity contribution in [2.24, 2.45) is 5.92 Å². The van der Waals surface area contributed by atoms with E-state index in [1.165, 1.54) is 12.3 Å². The number of amides is 1. The molecule has 1 saturated heterocycles. The summed E-state index contributed by atoms with van der Waals surface area (Å²) >= 11 is 0. The molecule has 162 valence electrons. The number of likely N-dealkylation sites (tertiary alicyclic amines) is 1. The van der Waals surface area contributed by atoms with Crippen LogP contribution in [0.5, 0.6) is 0 Å². The highest BCUT2D eigenvalue weighted by molar-refractivity contribution is 5.99. The van der Waals surface area contributed by atoms with E-state index in [1.54, 1.807) is 12.3 Å². The number of halogens is 1. The largest absolute Gasteiger partial charge is 0.381 e. The molecule has 0 atom stereocenters. The van der Waals surface area contributed by atoms with Crippen LogP contribution in [0.25, 0.3) is 33.3 Å². The van der Waals surface area contributed by atoms with Gasteiger partial charge in [0.2, 0.25) is 5.91 Å². The Hall–Kier alpha value is -3.69. The van der Waals surface area contributed by atoms with Gasteiger partial charge in [-0.05, 0) is 43.9 Å². The molecule has 1 aliphatic carbocycles. The third-order valence-corrected chi connectivity index (χ3v) is 6.36. The molecule has 4 aromatic rings. The maximum atomic E-state index is 14.0. The highest BCUT2D eigenvalue weighted by Gasteiger charge is 2.35. The van der Waals surface area contributed by atoms with Gasteiger partial charge in [0.05, 0.1) is 23.4 Å². The van der Waals surface area contributed by atoms with Gasteiger partial charge in [-0.1, -0.05) is 5.21 Å². The van der Waals surface area contributed by atoms with Crippen LogP contribution in [0.3, 0.4) is 0 Å². The van der Waals surface area contributed by atoms with Gasteiger partial charge >= 0.3 is 0 Å². The van der Waals surface area contributed by atoms with Crippen molar-refractivity contribution in [2.75, 3.05) is 18.8 Å². The molecule has 6 rings (SSSR count). The summed E-state index contributed by atoms with van der Waals surface area (Å²) in [6.07, 6.45) is 6.86. The number of rotatable bonds is 3. The third-order valence-electron chi connectivity index (χ3n) is 6.36. The summed E-state index contributed by atoms with van der Waals surface area (Å²) in [6, 6.07) is 5.07. The van der Waals surface area contributed by atoms with Gasteiger partial charge in [0.25, 0.3) is 0 Å². The Labute approximate surface area is 182 Å². The number of hydrogen-bond donors (Lipinski definition) is 1. The highest BCUT2D eigenvalue weighted by Crippen LogP contribution is 2.34. The standard InChI is InChI=1S/C22H21FN8O/c23-15-9-13(10-26-21(15)24)16-3-4-17-19(27-16)20-18(11-25-17)28-29-31(20)14-5-7-30(8-6-14)22(32)12-1-2-12/h3-4,9-12,14H,1-2,5-8H2,(H2,24,26). The molecule has 32 heavy (non-hydrogen) atoms. The number of nitrogens with zero attached hydrogens (tertiary/aromatic N) is 7. The number of carbonyl (C=O) groups excluding carboxylic acids is 1. The van der Waals surface area contributed by atoms with Gasteiger partial charge in [0.15, 0.2) is 11.6 Å². The molecule has 2 N–H and O–H groups in total. The van der Waals surface area contributed by atoms with Gasteiger partial charge in [-0.15, -0.1) is 5.10 Å². The normalized spacial score (nSPS) is 17.3. The Morgan fingerprint density at radius 2 is 1.88 bits per heavy atom. The van der Waals surface area contributed by atoms with Crippen LogP contribution in [0.15, 0.2) is 30.6 Å². The van der Waals surface area contributed by atoms with Crippen LogP contribution >= 0.6 is 0 Å². The SMILES string of the molecule is Nc1ncc(-c2ccc3ncc4nnn(C5CCN(C(=O)C6CC6)CC5)c4c3n2)cc1F. The summed E-state index contributed by atoms with van der Waals surface area (Å²) in [5.74, 6) is -0.200. The maximum Gasteiger partial charge on any atom is 0.225 e. The number of piperidine rings is 1. The Morgan fingerprint density at radius 3 is 2.62 bits per heavy atom. The number of anilines is 1. The number of nitrogen functional groups attached to an aromatic ring is 1. The lowest BCUT2D eigenvalue weighted by Crippen LogP contribution is -2.40. The number of fused-ring (bicyclic) bond motifs is 3. The molecule has 10 heteroatoms. The van der Waals surface area contributed by atoms with Crippen LogP contribution in [0.2, 0.25) is 0 Å². The van der Waals surface area contributed by atoms with Crippen LogP contribution in [0.4, 0.5) is 10.2 Å². The van der Waals surface area contributed by atoms with E-state index >= 15 is 0 Å². The van der Waals surface area contributed by atoms with Crippen LogP contribution in [-0.2, 0) is 4.79 Å². The Kier molecular flexibility index (Phi) is 4.27. The van der Waals surface area contributed by atoms with Crippen molar-refractivity contribution in [3.05, 3.63) is 36.4 Å². The molecule has 0 radical (unpaired) electrons. The molecule has 0 unspecified atom stereocenters. The molecular weight excluding hydrogens is 411 g/mol. The van der Waals surface area contributed by atoms with Crippen molar-refractivity contribution in [3.8, 4) is 11.3 Å². The molecule has 4 aromatic heterocycles. The fourth-order valence-electron chi connectivity index (χ4n) is 4.41. The summed E-state index contributed by atoms with van der Waals surface area (Å²) < 4.78 is 15.9. The molecule has 5 heterocycles. The van der Waals surface area contributed by atoms with Crippen molar-refractivity contribution < 1.29 is 9.18 Å². The van der Waals surface area contributed by atoms with Crippen LogP contribution in [-0.4, -0.2) is 53.8 Å². The quantitative estimate of drug-likeness (QED) is 0.529. The molecule has 0 aromatic carbocycles. The predicted molar refractivity (Wildman–Crippen MR) is 116 cm³/mol. The first kappa shape index (κ1) is 19.0. The number of pyridine rings is 3. The second kappa shape index (κ2) is 7.18. The van der Waals surface area contributed by atoms with Crippen molar-refractivity contribution >= 4 is 33.8 Å². The lowest BCUT2D eigenvalue weighted by molar-refractivity contribution is -0.133. The molecule has 1 aliphatic heterocycles. The van der Waals surface area contributed by atoms with E-state index in [9.17, 15) is 9.18 Å². The average Bonchev–Trinajstić information content (AvgIpc) is 3.58. The first-order chi connectivity index (χ1) is 15.6. The van der Waals surface area contributed by atoms with Gasteiger partial charge in [-0.2, -0.15) is 0 Å². The topological polar surface area (TPSA) is 116 Å². The van der Waals surface area contributed by atoms with Gasteiger partial charge in [0, 0.05) is 30.8 Å². The second-order valence-corrected chi connectivity index (χ2v) is 8.51. The minimum Gasteiger partial charge on any atom is -0.381 e. The number of nitrogens with two attached hydrogens (primary N) is 1. The van der Waals surface area contributed by atoms with Gasteiger partial charge < -0.3 is 10.6 Å². The van der Waals surface area contributed by atoms with Crippen LogP contribution in [0.1, 0.15) is 31.7 Å². The van der Waals surface area contributed by atoms with Crippen LogP contribution < -0.4 is 5.73 Å². The van der Waals surface area contributed by atoms with Crippen molar-refractivity contribution in [1.29, 1.82) is 0 Å². The second-order valence-electron chi connectivity index (χ2n) is 8.51. The summed E-state index contributed by atoms with van der Waals surface area (Å²) in [4.78, 5) is 27.5. The predicted octanol–water partition coefficient (Wildman–Crippen LogP) is 2.73. The van der Waals surface area contributed by atoms with Crippen molar-refractivity contribution in [2.45, 2.75) is 31.7 Å². The van der Waals surface area contributed by atoms with E-state index < -0.39 is 5.82 Å². The molecule has 2 aliphatic rings. The minimum atomic E-state index is -0.583. The molecule has 9 nitrogen and oxygen atoms in total. The van der Waals surface area contributed by atoms with E-state index in [2.05, 4.69) is 20.3 Å². The zero-order chi connectivity index (χ0) is 21.8. The van der Waals surface area contributed by atoms with E-state index in [-0.39, 0.29) is 23.7 Å². The first-order valence-electron chi connectivity index (χ1n) is 10.8. The molecular formula is C22H21FN8O. The number of carbonyl (C=O) groups is 1. The Bertz CT molecular complexity index is 1360. The molecule has 1 amide bonds. The summed E-state index contributed by atoms with van der Waals surface area (Å²) in [6.45, 7) is 1.44. The Morgan fingerprint density at radius 1 is 1.06 bits per heavy atom. The Balaban J connectivity index is 1.38. The smallest absolute Gasteiger partial charge is 0.225 e. The van der Waals surface area contributed by atoms with E-state index in [1.807, 2.05) is 15.6 Å². The van der Waals surface area contributed by atoms with Crippen molar-refractivity contribution in [1.82, 2.24) is 34.8 Å². The first-order valence-corrected chi connectivity index (χ1v) is 10.8. The molecule has 0 bridgehead atoms. The molecule has 2 fully saturated rings. The lowest BCUT2D eigenvalue weighted by Gasteiger charge is -2.32. The number of aromatic nitrogens is 6. The van der Waals surface area contributed by atoms with Crippen LogP contribution in [0, 0.1) is 11.7 Å². The zero-order valence-corrected chi connectivity index (χ0v) is 17.3. The van der Waals surface area contributed by atoms with E-state index in [0.29, 0.717) is 27.8 Å². The molecule has 0 spiro atoms. The van der Waals surface area contributed by atoms with Crippen molar-refractivity contribution in [3.63, 3.8) is 0 Å². The zero-order valence-electron chi connectivity index (χ0n) is 17.3. The fourth-order valence-corrected chi connectivity index (χ4v) is 4.41. The fraction of sp³-hybridized carbons (Fsp3) is 0.364. The van der Waals surface area contributed by atoms with Gasteiger partial charge in [-0.3, -0.25) is 9.78 Å². The summed E-state index contributed by atoms with van der Waals surface area (Å²) in [5.41, 5.74) is 9.41. The third kappa shape index (κ3) is 3.14. The summed E-state index contributed by atoms with van der Waals surface area (Å²) in [5, 5.41) is 8.71. The minimum absolute atomic E-state index is 0.120. The summed E-state index contributed by atoms with van der Waals surface area (Å²) in [7, 11) is 0. The van der Waals surface area contributed by atoms with E-state index in [0.717, 1.165) is 44.3 Å². The highest BCUT2D eigenvalue weighted by atomic mass is 19.1. The number of hydrogen-bond acceptors (Lipinski definition) is 7. The average molecular weight is 432 g/mol. The van der Waals surface area contributed by atoms with Gasteiger partial charge in [-0.25, -0.2) is 19.0 Å². The maximum absolute atomic E-state index is 14.0. The van der Waals surface area contributed by atoms with E-state index in [4.69, 9.17) is 10.7 Å². The molecule has 1 saturated carbocycles. The van der Waals surface area contributed by atoms with Gasteiger partial charge in [0.1, 0.15) is 16.6 Å². The monoisotopic (exact) mass is 432 g/mol. The lowest BCUT2D eigenvalue weighted by atomic mass is 10.0.